The second-order valence-corrected chi connectivity index (χ2v) is 8.43. The van der Waals surface area contributed by atoms with Crippen molar-refractivity contribution < 1.29 is 18.3 Å². The normalized spacial score (nSPS) is 14.9. The molecule has 0 saturated carbocycles. The van der Waals surface area contributed by atoms with Gasteiger partial charge in [0.25, 0.3) is 0 Å². The van der Waals surface area contributed by atoms with E-state index in [1.165, 1.54) is 22.3 Å². The van der Waals surface area contributed by atoms with Gasteiger partial charge in [-0.2, -0.15) is 13.2 Å². The zero-order valence-corrected chi connectivity index (χ0v) is 16.7. The van der Waals surface area contributed by atoms with Gasteiger partial charge >= 0.3 is 6.18 Å². The summed E-state index contributed by atoms with van der Waals surface area (Å²) in [5.41, 5.74) is 0.349. The second-order valence-electron chi connectivity index (χ2n) is 6.54. The monoisotopic (exact) mass is 435 g/mol. The highest BCUT2D eigenvalue weighted by Gasteiger charge is 2.32. The topological polar surface area (TPSA) is 60.2 Å². The summed E-state index contributed by atoms with van der Waals surface area (Å²) in [5.74, 6) is 0.245. The minimum atomic E-state index is -4.42. The number of amidine groups is 1. The van der Waals surface area contributed by atoms with Crippen LogP contribution < -0.4 is 0 Å². The van der Waals surface area contributed by atoms with E-state index in [4.69, 9.17) is 5.41 Å². The Labute approximate surface area is 173 Å². The van der Waals surface area contributed by atoms with E-state index in [2.05, 4.69) is 4.98 Å². The van der Waals surface area contributed by atoms with Crippen molar-refractivity contribution in [3.8, 4) is 11.3 Å². The average molecular weight is 435 g/mol. The van der Waals surface area contributed by atoms with E-state index in [9.17, 15) is 18.3 Å². The molecular formula is C20H16F3N3OS2. The van der Waals surface area contributed by atoms with Crippen LogP contribution in [0.5, 0.6) is 0 Å². The number of aromatic nitrogens is 1. The molecule has 3 heterocycles. The van der Waals surface area contributed by atoms with Gasteiger partial charge < -0.3 is 10.0 Å². The Morgan fingerprint density at radius 1 is 1.17 bits per heavy atom. The van der Waals surface area contributed by atoms with Crippen molar-refractivity contribution in [1.82, 2.24) is 9.88 Å². The van der Waals surface area contributed by atoms with Gasteiger partial charge in [-0.1, -0.05) is 18.2 Å². The molecule has 3 aromatic rings. The van der Waals surface area contributed by atoms with E-state index < -0.39 is 11.7 Å². The van der Waals surface area contributed by atoms with Crippen LogP contribution in [0, 0.1) is 5.41 Å². The van der Waals surface area contributed by atoms with E-state index in [-0.39, 0.29) is 18.1 Å². The van der Waals surface area contributed by atoms with Crippen LogP contribution in [-0.4, -0.2) is 33.9 Å². The number of hydrogen-bond donors (Lipinski definition) is 2. The van der Waals surface area contributed by atoms with Crippen LogP contribution in [0.1, 0.15) is 15.4 Å². The summed E-state index contributed by atoms with van der Waals surface area (Å²) >= 11 is 2.85. The molecule has 0 spiro atoms. The number of nitrogens with one attached hydrogen (secondary N) is 1. The first kappa shape index (κ1) is 19.7. The molecule has 2 aromatic heterocycles. The Hall–Kier alpha value is -2.65. The van der Waals surface area contributed by atoms with E-state index in [1.54, 1.807) is 27.7 Å². The zero-order chi connectivity index (χ0) is 20.6. The van der Waals surface area contributed by atoms with Gasteiger partial charge in [0.1, 0.15) is 16.6 Å². The number of aliphatic hydroxyl groups excluding tert-OH is 1. The Morgan fingerprint density at radius 2 is 2.00 bits per heavy atom. The standard InChI is InChI=1S/C20H16F3N3OS2/c21-20(22,23)13-4-1-3-12(9-13)15-11-29-19(25-15)17-16(27)10-26(18(17)24)7-6-14-5-2-8-28-14/h1-5,8-9,11,24,27H,6-7,10H2. The molecular weight excluding hydrogens is 419 g/mol. The molecule has 0 amide bonds. The molecule has 0 radical (unpaired) electrons. The molecule has 1 aliphatic heterocycles. The molecule has 0 saturated heterocycles. The summed E-state index contributed by atoms with van der Waals surface area (Å²) in [6.45, 7) is 0.830. The van der Waals surface area contributed by atoms with Crippen molar-refractivity contribution in [3.05, 3.63) is 68.4 Å². The molecule has 1 aliphatic rings. The summed E-state index contributed by atoms with van der Waals surface area (Å²) in [7, 11) is 0. The van der Waals surface area contributed by atoms with Crippen molar-refractivity contribution >= 4 is 34.1 Å². The summed E-state index contributed by atoms with van der Waals surface area (Å²) in [5, 5.41) is 22.9. The van der Waals surface area contributed by atoms with Crippen molar-refractivity contribution in [3.63, 3.8) is 0 Å². The summed E-state index contributed by atoms with van der Waals surface area (Å²) in [6.07, 6.45) is -3.65. The predicted molar refractivity (Wildman–Crippen MR) is 109 cm³/mol. The number of benzene rings is 1. The van der Waals surface area contributed by atoms with Gasteiger partial charge in [-0.3, -0.25) is 5.41 Å². The highest BCUT2D eigenvalue weighted by molar-refractivity contribution is 7.11. The lowest BCUT2D eigenvalue weighted by Crippen LogP contribution is -2.28. The number of halogens is 3. The summed E-state index contributed by atoms with van der Waals surface area (Å²) < 4.78 is 38.9. The number of rotatable bonds is 5. The second kappa shape index (κ2) is 7.64. The third-order valence-corrected chi connectivity index (χ3v) is 6.39. The van der Waals surface area contributed by atoms with Crippen molar-refractivity contribution in [2.45, 2.75) is 12.6 Å². The predicted octanol–water partition coefficient (Wildman–Crippen LogP) is 5.70. The molecule has 9 heteroatoms. The Kier molecular flexibility index (Phi) is 5.18. The molecule has 4 rings (SSSR count). The Bertz CT molecular complexity index is 1070. The number of nitrogens with zero attached hydrogens (tertiary/aromatic N) is 2. The molecule has 4 nitrogen and oxygen atoms in total. The fraction of sp³-hybridized carbons (Fsp3) is 0.200. The van der Waals surface area contributed by atoms with E-state index in [0.29, 0.717) is 28.4 Å². The third-order valence-electron chi connectivity index (χ3n) is 4.59. The summed E-state index contributed by atoms with van der Waals surface area (Å²) in [4.78, 5) is 7.37. The zero-order valence-electron chi connectivity index (χ0n) is 15.0. The maximum atomic E-state index is 13.0. The molecule has 0 unspecified atom stereocenters. The number of thiazole rings is 1. The van der Waals surface area contributed by atoms with Gasteiger partial charge in [-0.05, 0) is 30.0 Å². The Balaban J connectivity index is 1.53. The third kappa shape index (κ3) is 4.06. The molecule has 0 bridgehead atoms. The van der Waals surface area contributed by atoms with Crippen molar-refractivity contribution in [2.24, 2.45) is 0 Å². The average Bonchev–Trinajstić information content (AvgIpc) is 3.41. The number of thiophene rings is 1. The first-order valence-corrected chi connectivity index (χ1v) is 10.5. The quantitative estimate of drug-likeness (QED) is 0.541. The first-order valence-electron chi connectivity index (χ1n) is 8.75. The smallest absolute Gasteiger partial charge is 0.416 e. The van der Waals surface area contributed by atoms with Gasteiger partial charge in [0.15, 0.2) is 0 Å². The minimum Gasteiger partial charge on any atom is -0.510 e. The molecule has 0 aliphatic carbocycles. The van der Waals surface area contributed by atoms with Gasteiger partial charge in [-0.15, -0.1) is 22.7 Å². The Morgan fingerprint density at radius 3 is 2.72 bits per heavy atom. The highest BCUT2D eigenvalue weighted by Crippen LogP contribution is 2.35. The van der Waals surface area contributed by atoms with Crippen molar-refractivity contribution in [2.75, 3.05) is 13.1 Å². The van der Waals surface area contributed by atoms with Crippen LogP contribution in [0.4, 0.5) is 13.2 Å². The number of hydrogen-bond acceptors (Lipinski definition) is 5. The van der Waals surface area contributed by atoms with Crippen LogP contribution in [0.15, 0.2) is 52.9 Å². The minimum absolute atomic E-state index is 0.0612. The van der Waals surface area contributed by atoms with Crippen molar-refractivity contribution in [1.29, 1.82) is 5.41 Å². The maximum absolute atomic E-state index is 13.0. The molecule has 1 aromatic carbocycles. The van der Waals surface area contributed by atoms with E-state index in [0.717, 1.165) is 18.6 Å². The fourth-order valence-corrected chi connectivity index (χ4v) is 4.72. The first-order chi connectivity index (χ1) is 13.8. The molecule has 150 valence electrons. The van der Waals surface area contributed by atoms with Crippen LogP contribution in [0.3, 0.4) is 0 Å². The van der Waals surface area contributed by atoms with Gasteiger partial charge in [0.05, 0.1) is 23.4 Å². The number of aliphatic hydroxyl groups is 1. The van der Waals surface area contributed by atoms with E-state index >= 15 is 0 Å². The van der Waals surface area contributed by atoms with Crippen LogP contribution in [0.25, 0.3) is 16.8 Å². The lowest BCUT2D eigenvalue weighted by atomic mass is 10.1. The summed E-state index contributed by atoms with van der Waals surface area (Å²) in [6, 6.07) is 8.99. The van der Waals surface area contributed by atoms with Crippen LogP contribution in [0.2, 0.25) is 0 Å². The molecule has 29 heavy (non-hydrogen) atoms. The van der Waals surface area contributed by atoms with E-state index in [1.807, 2.05) is 17.5 Å². The lowest BCUT2D eigenvalue weighted by molar-refractivity contribution is -0.137. The number of alkyl halides is 3. The highest BCUT2D eigenvalue weighted by atomic mass is 32.1. The fourth-order valence-electron chi connectivity index (χ4n) is 3.13. The van der Waals surface area contributed by atoms with Gasteiger partial charge in [0, 0.05) is 22.4 Å². The van der Waals surface area contributed by atoms with Gasteiger partial charge in [0.2, 0.25) is 0 Å². The van der Waals surface area contributed by atoms with Crippen LogP contribution >= 0.6 is 22.7 Å². The molecule has 0 fully saturated rings. The largest absolute Gasteiger partial charge is 0.510 e. The maximum Gasteiger partial charge on any atom is 0.416 e. The SMILES string of the molecule is N=C1C(c2nc(-c3cccc(C(F)(F)F)c3)cs2)=C(O)CN1CCc1cccs1. The van der Waals surface area contributed by atoms with Crippen LogP contribution in [-0.2, 0) is 12.6 Å². The molecule has 0 atom stereocenters. The molecule has 2 N–H and O–H groups in total. The van der Waals surface area contributed by atoms with Gasteiger partial charge in [-0.25, -0.2) is 4.98 Å². The lowest BCUT2D eigenvalue weighted by Gasteiger charge is -2.17.